The standard InChI is InChI=1S/C13H15ClN2O/c1-3-11(4-2)15-9-13(17)16-12-7-5-6-10(14)8-12/h1,5-8,11,15H,4,9H2,2H3,(H,16,17). The second-order valence-corrected chi connectivity index (χ2v) is 4.00. The first-order chi connectivity index (χ1) is 8.15. The van der Waals surface area contributed by atoms with E-state index in [2.05, 4.69) is 16.6 Å². The molecule has 90 valence electrons. The molecule has 0 aliphatic rings. The molecule has 2 N–H and O–H groups in total. The lowest BCUT2D eigenvalue weighted by Crippen LogP contribution is -2.34. The van der Waals surface area contributed by atoms with Crippen molar-refractivity contribution < 1.29 is 4.79 Å². The van der Waals surface area contributed by atoms with Crippen LogP contribution in [0.2, 0.25) is 5.02 Å². The average molecular weight is 251 g/mol. The number of hydrogen-bond donors (Lipinski definition) is 2. The van der Waals surface area contributed by atoms with Crippen molar-refractivity contribution in [2.24, 2.45) is 0 Å². The van der Waals surface area contributed by atoms with Gasteiger partial charge in [-0.2, -0.15) is 0 Å². The Balaban J connectivity index is 2.43. The zero-order valence-corrected chi connectivity index (χ0v) is 10.4. The Morgan fingerprint density at radius 2 is 2.35 bits per heavy atom. The number of halogens is 1. The van der Waals surface area contributed by atoms with E-state index < -0.39 is 0 Å². The molecule has 1 amide bonds. The summed E-state index contributed by atoms with van der Waals surface area (Å²) in [5.41, 5.74) is 0.679. The minimum Gasteiger partial charge on any atom is -0.325 e. The van der Waals surface area contributed by atoms with E-state index in [4.69, 9.17) is 18.0 Å². The molecule has 0 aliphatic heterocycles. The molecule has 1 unspecified atom stereocenters. The number of amides is 1. The lowest BCUT2D eigenvalue weighted by Gasteiger charge is -2.10. The Kier molecular flexibility index (Phi) is 5.55. The molecule has 0 aliphatic carbocycles. The maximum absolute atomic E-state index is 11.6. The number of hydrogen-bond acceptors (Lipinski definition) is 2. The summed E-state index contributed by atoms with van der Waals surface area (Å²) < 4.78 is 0. The van der Waals surface area contributed by atoms with Crippen molar-refractivity contribution >= 4 is 23.2 Å². The molecule has 1 atom stereocenters. The van der Waals surface area contributed by atoms with Gasteiger partial charge in [0.1, 0.15) is 0 Å². The Labute approximate surface area is 107 Å². The summed E-state index contributed by atoms with van der Waals surface area (Å²) in [6, 6.07) is 6.93. The van der Waals surface area contributed by atoms with E-state index in [0.29, 0.717) is 10.7 Å². The fraction of sp³-hybridized carbons (Fsp3) is 0.308. The quantitative estimate of drug-likeness (QED) is 0.788. The summed E-state index contributed by atoms with van der Waals surface area (Å²) in [4.78, 5) is 11.6. The van der Waals surface area contributed by atoms with Crippen LogP contribution in [0.1, 0.15) is 13.3 Å². The zero-order chi connectivity index (χ0) is 12.7. The van der Waals surface area contributed by atoms with E-state index in [1.54, 1.807) is 24.3 Å². The molecule has 0 radical (unpaired) electrons. The average Bonchev–Trinajstić information content (AvgIpc) is 2.30. The van der Waals surface area contributed by atoms with E-state index in [1.165, 1.54) is 0 Å². The van der Waals surface area contributed by atoms with Gasteiger partial charge in [0.05, 0.1) is 12.6 Å². The molecule has 4 heteroatoms. The lowest BCUT2D eigenvalue weighted by atomic mass is 10.2. The van der Waals surface area contributed by atoms with Crippen LogP contribution in [0.25, 0.3) is 0 Å². The number of anilines is 1. The molecular weight excluding hydrogens is 236 g/mol. The van der Waals surface area contributed by atoms with Gasteiger partial charge >= 0.3 is 0 Å². The third-order valence-corrected chi connectivity index (χ3v) is 2.46. The fourth-order valence-corrected chi connectivity index (χ4v) is 1.50. The van der Waals surface area contributed by atoms with Crippen LogP contribution in [0.4, 0.5) is 5.69 Å². The number of benzene rings is 1. The summed E-state index contributed by atoms with van der Waals surface area (Å²) in [7, 11) is 0. The highest BCUT2D eigenvalue weighted by Gasteiger charge is 2.05. The summed E-state index contributed by atoms with van der Waals surface area (Å²) >= 11 is 5.81. The summed E-state index contributed by atoms with van der Waals surface area (Å²) in [6.07, 6.45) is 6.07. The molecule has 0 bridgehead atoms. The van der Waals surface area contributed by atoms with Crippen LogP contribution in [-0.4, -0.2) is 18.5 Å². The Bertz CT molecular complexity index is 426. The maximum Gasteiger partial charge on any atom is 0.238 e. The van der Waals surface area contributed by atoms with Gasteiger partial charge in [-0.05, 0) is 24.6 Å². The number of rotatable bonds is 5. The van der Waals surface area contributed by atoms with Crippen LogP contribution in [0.15, 0.2) is 24.3 Å². The molecule has 0 aromatic heterocycles. The zero-order valence-electron chi connectivity index (χ0n) is 9.66. The third kappa shape index (κ3) is 4.90. The largest absolute Gasteiger partial charge is 0.325 e. The van der Waals surface area contributed by atoms with Crippen LogP contribution in [0, 0.1) is 12.3 Å². The monoisotopic (exact) mass is 250 g/mol. The van der Waals surface area contributed by atoms with Crippen molar-refractivity contribution in [2.75, 3.05) is 11.9 Å². The predicted molar refractivity (Wildman–Crippen MR) is 71.0 cm³/mol. The van der Waals surface area contributed by atoms with Gasteiger partial charge in [-0.15, -0.1) is 6.42 Å². The SMILES string of the molecule is C#CC(CC)NCC(=O)Nc1cccc(Cl)c1. The smallest absolute Gasteiger partial charge is 0.238 e. The van der Waals surface area contributed by atoms with Gasteiger partial charge in [-0.25, -0.2) is 0 Å². The van der Waals surface area contributed by atoms with Crippen LogP contribution >= 0.6 is 11.6 Å². The van der Waals surface area contributed by atoms with Crippen molar-refractivity contribution in [3.63, 3.8) is 0 Å². The molecular formula is C13H15ClN2O. The van der Waals surface area contributed by atoms with Crippen LogP contribution < -0.4 is 10.6 Å². The molecule has 0 saturated heterocycles. The normalized spacial score (nSPS) is 11.6. The Hall–Kier alpha value is -1.50. The molecule has 0 heterocycles. The second-order valence-electron chi connectivity index (χ2n) is 3.57. The minimum atomic E-state index is -0.138. The van der Waals surface area contributed by atoms with Crippen LogP contribution in [0.3, 0.4) is 0 Å². The van der Waals surface area contributed by atoms with Gasteiger partial charge in [0, 0.05) is 10.7 Å². The minimum absolute atomic E-state index is 0.0693. The number of nitrogens with one attached hydrogen (secondary N) is 2. The van der Waals surface area contributed by atoms with Gasteiger partial charge in [0.15, 0.2) is 0 Å². The van der Waals surface area contributed by atoms with E-state index in [0.717, 1.165) is 6.42 Å². The summed E-state index contributed by atoms with van der Waals surface area (Å²) in [6.45, 7) is 2.15. The van der Waals surface area contributed by atoms with E-state index in [-0.39, 0.29) is 18.5 Å². The first kappa shape index (κ1) is 13.6. The number of carbonyl (C=O) groups is 1. The fourth-order valence-electron chi connectivity index (χ4n) is 1.31. The molecule has 1 aromatic carbocycles. The predicted octanol–water partition coefficient (Wildman–Crippen LogP) is 2.28. The van der Waals surface area contributed by atoms with Crippen molar-refractivity contribution in [3.8, 4) is 12.3 Å². The maximum atomic E-state index is 11.6. The first-order valence-corrected chi connectivity index (χ1v) is 5.78. The van der Waals surface area contributed by atoms with Gasteiger partial charge in [0.2, 0.25) is 5.91 Å². The van der Waals surface area contributed by atoms with Crippen molar-refractivity contribution in [1.29, 1.82) is 0 Å². The first-order valence-electron chi connectivity index (χ1n) is 5.40. The second kappa shape index (κ2) is 6.95. The molecule has 1 aromatic rings. The van der Waals surface area contributed by atoms with Gasteiger partial charge < -0.3 is 5.32 Å². The lowest BCUT2D eigenvalue weighted by molar-refractivity contribution is -0.115. The Morgan fingerprint density at radius 1 is 1.59 bits per heavy atom. The van der Waals surface area contributed by atoms with E-state index in [9.17, 15) is 4.79 Å². The van der Waals surface area contributed by atoms with Crippen molar-refractivity contribution in [1.82, 2.24) is 5.32 Å². The van der Waals surface area contributed by atoms with E-state index >= 15 is 0 Å². The topological polar surface area (TPSA) is 41.1 Å². The molecule has 3 nitrogen and oxygen atoms in total. The van der Waals surface area contributed by atoms with Crippen LogP contribution in [-0.2, 0) is 4.79 Å². The molecule has 1 rings (SSSR count). The molecule has 17 heavy (non-hydrogen) atoms. The molecule has 0 fully saturated rings. The number of terminal acetylenes is 1. The molecule has 0 saturated carbocycles. The summed E-state index contributed by atoms with van der Waals surface area (Å²) in [5.74, 6) is 2.43. The van der Waals surface area contributed by atoms with Gasteiger partial charge in [0.25, 0.3) is 0 Å². The van der Waals surface area contributed by atoms with Crippen molar-refractivity contribution in [2.45, 2.75) is 19.4 Å². The van der Waals surface area contributed by atoms with Crippen LogP contribution in [0.5, 0.6) is 0 Å². The third-order valence-electron chi connectivity index (χ3n) is 2.23. The van der Waals surface area contributed by atoms with E-state index in [1.807, 2.05) is 6.92 Å². The molecule has 0 spiro atoms. The van der Waals surface area contributed by atoms with Crippen molar-refractivity contribution in [3.05, 3.63) is 29.3 Å². The highest BCUT2D eigenvalue weighted by Crippen LogP contribution is 2.14. The Morgan fingerprint density at radius 3 is 2.94 bits per heavy atom. The summed E-state index contributed by atoms with van der Waals surface area (Å²) in [5, 5.41) is 6.29. The highest BCUT2D eigenvalue weighted by atomic mass is 35.5. The van der Waals surface area contributed by atoms with Gasteiger partial charge in [-0.3, -0.25) is 10.1 Å². The highest BCUT2D eigenvalue weighted by molar-refractivity contribution is 6.30. The van der Waals surface area contributed by atoms with Gasteiger partial charge in [-0.1, -0.05) is 30.5 Å². The number of carbonyl (C=O) groups excluding carboxylic acids is 1.